The van der Waals surface area contributed by atoms with Gasteiger partial charge >= 0.3 is 0 Å². The van der Waals surface area contributed by atoms with Crippen molar-refractivity contribution < 1.29 is 28.4 Å². The predicted molar refractivity (Wildman–Crippen MR) is 171 cm³/mol. The number of rotatable bonds is 16. The van der Waals surface area contributed by atoms with E-state index >= 15 is 0 Å². The molecule has 1 aliphatic rings. The Kier molecular flexibility index (Phi) is 12.5. The number of hydrogen-bond donors (Lipinski definition) is 0. The molecule has 0 bridgehead atoms. The SMILES string of the molecule is CC(C)COC1O[C@H](COCc2ccccc2)[C@@H](OCc2ccccc2)[C@H](OCc2ccccc2)[C@H]1OCc1ccccc1. The van der Waals surface area contributed by atoms with Gasteiger partial charge in [-0.25, -0.2) is 0 Å². The van der Waals surface area contributed by atoms with E-state index in [1.54, 1.807) is 0 Å². The minimum absolute atomic E-state index is 0.312. The van der Waals surface area contributed by atoms with Gasteiger partial charge in [-0.05, 0) is 28.2 Å². The summed E-state index contributed by atoms with van der Waals surface area (Å²) in [7, 11) is 0. The molecule has 0 amide bonds. The van der Waals surface area contributed by atoms with E-state index in [0.717, 1.165) is 22.3 Å². The smallest absolute Gasteiger partial charge is 0.186 e. The summed E-state index contributed by atoms with van der Waals surface area (Å²) in [6.45, 7) is 6.74. The molecule has 0 saturated carbocycles. The summed E-state index contributed by atoms with van der Waals surface area (Å²) in [5.74, 6) is 0.317. The van der Waals surface area contributed by atoms with Gasteiger partial charge in [0.15, 0.2) is 6.29 Å². The van der Waals surface area contributed by atoms with Crippen LogP contribution in [0.2, 0.25) is 0 Å². The second-order valence-corrected chi connectivity index (χ2v) is 11.6. The van der Waals surface area contributed by atoms with Crippen molar-refractivity contribution in [3.05, 3.63) is 144 Å². The van der Waals surface area contributed by atoms with Gasteiger partial charge in [0.1, 0.15) is 24.4 Å². The van der Waals surface area contributed by atoms with Crippen LogP contribution >= 0.6 is 0 Å². The van der Waals surface area contributed by atoms with E-state index in [9.17, 15) is 0 Å². The van der Waals surface area contributed by atoms with Crippen LogP contribution in [-0.4, -0.2) is 43.9 Å². The summed E-state index contributed by atoms with van der Waals surface area (Å²) in [6.07, 6.45) is -2.61. The van der Waals surface area contributed by atoms with Gasteiger partial charge in [-0.2, -0.15) is 0 Å². The van der Waals surface area contributed by atoms with Crippen molar-refractivity contribution in [3.8, 4) is 0 Å². The van der Waals surface area contributed by atoms with Crippen LogP contribution in [-0.2, 0) is 54.8 Å². The summed E-state index contributed by atoms with van der Waals surface area (Å²) in [5, 5.41) is 0. The lowest BCUT2D eigenvalue weighted by Gasteiger charge is -2.46. The van der Waals surface area contributed by atoms with Crippen LogP contribution in [0.15, 0.2) is 121 Å². The van der Waals surface area contributed by atoms with E-state index in [1.165, 1.54) is 0 Å². The first-order chi connectivity index (χ1) is 21.7. The highest BCUT2D eigenvalue weighted by Gasteiger charge is 2.49. The van der Waals surface area contributed by atoms with Crippen LogP contribution in [0.1, 0.15) is 36.1 Å². The molecule has 44 heavy (non-hydrogen) atoms. The van der Waals surface area contributed by atoms with E-state index in [2.05, 4.69) is 62.4 Å². The average Bonchev–Trinajstić information content (AvgIpc) is 3.07. The number of benzene rings is 4. The summed E-state index contributed by atoms with van der Waals surface area (Å²) in [5.41, 5.74) is 4.29. The lowest BCUT2D eigenvalue weighted by molar-refractivity contribution is -0.329. The Hall–Kier alpha value is -3.36. The molecule has 5 atom stereocenters. The normalized spacial score (nSPS) is 21.8. The van der Waals surface area contributed by atoms with E-state index < -0.39 is 30.7 Å². The van der Waals surface area contributed by atoms with Crippen molar-refractivity contribution in [2.45, 2.75) is 71.0 Å². The minimum atomic E-state index is -0.663. The fourth-order valence-corrected chi connectivity index (χ4v) is 5.17. The van der Waals surface area contributed by atoms with Gasteiger partial charge < -0.3 is 28.4 Å². The Morgan fingerprint density at radius 3 is 1.36 bits per heavy atom. The Morgan fingerprint density at radius 2 is 0.909 bits per heavy atom. The lowest BCUT2D eigenvalue weighted by Crippen LogP contribution is -2.62. The number of ether oxygens (including phenoxy) is 6. The fourth-order valence-electron chi connectivity index (χ4n) is 5.17. The highest BCUT2D eigenvalue weighted by atomic mass is 16.7. The molecule has 0 aliphatic carbocycles. The van der Waals surface area contributed by atoms with Crippen LogP contribution in [0.5, 0.6) is 0 Å². The van der Waals surface area contributed by atoms with Crippen LogP contribution in [0.4, 0.5) is 0 Å². The third-order valence-electron chi connectivity index (χ3n) is 7.43. The molecule has 1 aliphatic heterocycles. The van der Waals surface area contributed by atoms with Gasteiger partial charge in [0, 0.05) is 0 Å². The number of hydrogen-bond acceptors (Lipinski definition) is 6. The highest BCUT2D eigenvalue weighted by Crippen LogP contribution is 2.32. The van der Waals surface area contributed by atoms with Crippen molar-refractivity contribution in [1.29, 1.82) is 0 Å². The molecule has 0 spiro atoms. The Morgan fingerprint density at radius 1 is 0.500 bits per heavy atom. The van der Waals surface area contributed by atoms with Crippen LogP contribution < -0.4 is 0 Å². The zero-order valence-electron chi connectivity index (χ0n) is 25.7. The topological polar surface area (TPSA) is 55.4 Å². The third kappa shape index (κ3) is 9.83. The largest absolute Gasteiger partial charge is 0.374 e. The Balaban J connectivity index is 1.42. The molecule has 6 heteroatoms. The summed E-state index contributed by atoms with van der Waals surface area (Å²) in [6, 6.07) is 40.6. The van der Waals surface area contributed by atoms with Crippen LogP contribution in [0, 0.1) is 5.92 Å². The first-order valence-corrected chi connectivity index (χ1v) is 15.5. The lowest BCUT2D eigenvalue weighted by atomic mass is 9.97. The fraction of sp³-hybridized carbons (Fsp3) is 0.368. The van der Waals surface area contributed by atoms with Crippen LogP contribution in [0.3, 0.4) is 0 Å². The highest BCUT2D eigenvalue weighted by molar-refractivity contribution is 5.16. The van der Waals surface area contributed by atoms with Crippen molar-refractivity contribution in [3.63, 3.8) is 0 Å². The molecular weight excluding hydrogens is 552 g/mol. The molecule has 0 aromatic heterocycles. The first-order valence-electron chi connectivity index (χ1n) is 15.5. The zero-order chi connectivity index (χ0) is 30.4. The second kappa shape index (κ2) is 17.2. The standard InChI is InChI=1S/C38H44O6/c1-29(2)23-43-38-37(42-27-33-21-13-6-14-22-33)36(41-26-32-19-11-5-12-20-32)35(40-25-31-17-9-4-10-18-31)34(44-38)28-39-24-30-15-7-3-8-16-30/h3-22,29,34-38H,23-28H2,1-2H3/t34-,35-,36+,37-,38?/m1/s1. The molecule has 6 nitrogen and oxygen atoms in total. The summed E-state index contributed by atoms with van der Waals surface area (Å²) in [4.78, 5) is 0. The molecule has 0 radical (unpaired) electrons. The maximum atomic E-state index is 6.74. The monoisotopic (exact) mass is 596 g/mol. The Bertz CT molecular complexity index is 1320. The van der Waals surface area contributed by atoms with Gasteiger partial charge in [-0.3, -0.25) is 0 Å². The molecule has 232 valence electrons. The van der Waals surface area contributed by atoms with E-state index in [0.29, 0.717) is 45.6 Å². The third-order valence-corrected chi connectivity index (χ3v) is 7.43. The van der Waals surface area contributed by atoms with Crippen molar-refractivity contribution in [2.24, 2.45) is 5.92 Å². The molecule has 1 unspecified atom stereocenters. The molecule has 4 aromatic carbocycles. The molecule has 4 aromatic rings. The van der Waals surface area contributed by atoms with Gasteiger partial charge in [-0.15, -0.1) is 0 Å². The van der Waals surface area contributed by atoms with E-state index in [-0.39, 0.29) is 0 Å². The summed E-state index contributed by atoms with van der Waals surface area (Å²) < 4.78 is 39.3. The van der Waals surface area contributed by atoms with E-state index in [4.69, 9.17) is 28.4 Å². The van der Waals surface area contributed by atoms with Gasteiger partial charge in [0.2, 0.25) is 0 Å². The van der Waals surface area contributed by atoms with Crippen molar-refractivity contribution in [1.82, 2.24) is 0 Å². The van der Waals surface area contributed by atoms with Gasteiger partial charge in [0.05, 0.1) is 39.6 Å². The average molecular weight is 597 g/mol. The van der Waals surface area contributed by atoms with E-state index in [1.807, 2.05) is 72.8 Å². The second-order valence-electron chi connectivity index (χ2n) is 11.6. The van der Waals surface area contributed by atoms with Crippen LogP contribution in [0.25, 0.3) is 0 Å². The molecule has 5 rings (SSSR count). The molecule has 1 heterocycles. The quantitative estimate of drug-likeness (QED) is 0.135. The summed E-state index contributed by atoms with van der Waals surface area (Å²) >= 11 is 0. The predicted octanol–water partition coefficient (Wildman–Crippen LogP) is 7.36. The molecule has 1 fully saturated rings. The minimum Gasteiger partial charge on any atom is -0.374 e. The molecule has 1 saturated heterocycles. The zero-order valence-corrected chi connectivity index (χ0v) is 25.7. The molecular formula is C38H44O6. The Labute approximate surface area is 261 Å². The maximum absolute atomic E-state index is 6.74. The van der Waals surface area contributed by atoms with Crippen molar-refractivity contribution >= 4 is 0 Å². The van der Waals surface area contributed by atoms with Crippen molar-refractivity contribution in [2.75, 3.05) is 13.2 Å². The first kappa shape index (κ1) is 32.0. The maximum Gasteiger partial charge on any atom is 0.186 e. The van der Waals surface area contributed by atoms with Gasteiger partial charge in [-0.1, -0.05) is 135 Å². The molecule has 0 N–H and O–H groups in total. The van der Waals surface area contributed by atoms with Gasteiger partial charge in [0.25, 0.3) is 0 Å².